The van der Waals surface area contributed by atoms with Gasteiger partial charge in [-0.3, -0.25) is 0 Å². The number of carbonyl (C=O) groups excluding carboxylic acids is 1. The van der Waals surface area contributed by atoms with E-state index in [-0.39, 0.29) is 12.2 Å². The van der Waals surface area contributed by atoms with Gasteiger partial charge < -0.3 is 9.84 Å². The van der Waals surface area contributed by atoms with E-state index in [1.54, 1.807) is 0 Å². The molecule has 184 valence electrons. The molecule has 0 radical (unpaired) electrons. The average molecular weight is 455 g/mol. The maximum absolute atomic E-state index is 11.5. The van der Waals surface area contributed by atoms with Gasteiger partial charge in [0.2, 0.25) is 0 Å². The van der Waals surface area contributed by atoms with Crippen LogP contribution in [0.4, 0.5) is 0 Å². The molecule has 1 N–H and O–H groups in total. The molecule has 1 aromatic rings. The molecule has 0 aromatic heterocycles. The third-order valence-electron chi connectivity index (χ3n) is 8.32. The predicted molar refractivity (Wildman–Crippen MR) is 136 cm³/mol. The number of hydrogen-bond donors (Lipinski definition) is 1. The standard InChI is InChI=1S/C30H46O3/c1-3-4-5-7-24-9-13-26(14-10-24)28-17-19-29(20-18-28)27-15-11-25(12-16-27)8-6-21-33-30(32)23(2)22-31/h11-12,15-16,24,26,28-29,31H,2-10,13-14,17-22H2,1H3. The fraction of sp³-hybridized carbons (Fsp3) is 0.700. The topological polar surface area (TPSA) is 46.5 Å². The number of aliphatic hydroxyl groups is 1. The summed E-state index contributed by atoms with van der Waals surface area (Å²) in [6.45, 7) is 5.82. The van der Waals surface area contributed by atoms with Gasteiger partial charge in [-0.2, -0.15) is 0 Å². The van der Waals surface area contributed by atoms with Gasteiger partial charge in [0.1, 0.15) is 0 Å². The fourth-order valence-electron chi connectivity index (χ4n) is 6.12. The largest absolute Gasteiger partial charge is 0.462 e. The molecule has 0 spiro atoms. The first kappa shape index (κ1) is 26.0. The van der Waals surface area contributed by atoms with Gasteiger partial charge in [0, 0.05) is 0 Å². The molecule has 0 saturated heterocycles. The molecule has 2 saturated carbocycles. The van der Waals surface area contributed by atoms with Crippen molar-refractivity contribution >= 4 is 5.97 Å². The Morgan fingerprint density at radius 1 is 0.939 bits per heavy atom. The molecular weight excluding hydrogens is 408 g/mol. The second-order valence-electron chi connectivity index (χ2n) is 10.6. The van der Waals surface area contributed by atoms with Crippen LogP contribution in [0.25, 0.3) is 0 Å². The summed E-state index contributed by atoms with van der Waals surface area (Å²) >= 11 is 0. The normalized spacial score (nSPS) is 25.5. The van der Waals surface area contributed by atoms with Crippen LogP contribution in [0.5, 0.6) is 0 Å². The number of unbranched alkanes of at least 4 members (excludes halogenated alkanes) is 2. The lowest BCUT2D eigenvalue weighted by Crippen LogP contribution is -2.25. The quantitative estimate of drug-likeness (QED) is 0.204. The maximum Gasteiger partial charge on any atom is 0.335 e. The molecule has 33 heavy (non-hydrogen) atoms. The fourth-order valence-corrected chi connectivity index (χ4v) is 6.12. The molecule has 0 bridgehead atoms. The number of esters is 1. The van der Waals surface area contributed by atoms with E-state index in [4.69, 9.17) is 9.84 Å². The van der Waals surface area contributed by atoms with E-state index >= 15 is 0 Å². The number of rotatable bonds is 12. The predicted octanol–water partition coefficient (Wildman–Crippen LogP) is 7.37. The number of benzene rings is 1. The molecule has 0 amide bonds. The first-order valence-corrected chi connectivity index (χ1v) is 13.6. The third-order valence-corrected chi connectivity index (χ3v) is 8.32. The molecule has 2 fully saturated rings. The summed E-state index contributed by atoms with van der Waals surface area (Å²) in [6.07, 6.45) is 18.9. The molecule has 3 rings (SSSR count). The first-order valence-electron chi connectivity index (χ1n) is 13.6. The summed E-state index contributed by atoms with van der Waals surface area (Å²) in [6, 6.07) is 9.13. The van der Waals surface area contributed by atoms with Crippen LogP contribution in [-0.4, -0.2) is 24.3 Å². The van der Waals surface area contributed by atoms with Gasteiger partial charge in [0.05, 0.1) is 18.8 Å². The van der Waals surface area contributed by atoms with E-state index in [0.717, 1.165) is 36.5 Å². The van der Waals surface area contributed by atoms with Crippen molar-refractivity contribution in [2.24, 2.45) is 17.8 Å². The van der Waals surface area contributed by atoms with Crippen LogP contribution in [-0.2, 0) is 16.0 Å². The smallest absolute Gasteiger partial charge is 0.335 e. The van der Waals surface area contributed by atoms with Crippen molar-refractivity contribution in [3.63, 3.8) is 0 Å². The van der Waals surface area contributed by atoms with Crippen molar-refractivity contribution in [3.05, 3.63) is 47.5 Å². The second-order valence-corrected chi connectivity index (χ2v) is 10.6. The molecule has 1 aromatic carbocycles. The van der Waals surface area contributed by atoms with Gasteiger partial charge in [0.15, 0.2) is 0 Å². The SMILES string of the molecule is C=C(CO)C(=O)OCCCc1ccc(C2CCC(C3CCC(CCCCC)CC3)CC2)cc1. The molecule has 3 nitrogen and oxygen atoms in total. The maximum atomic E-state index is 11.5. The highest BCUT2D eigenvalue weighted by Crippen LogP contribution is 2.44. The molecule has 0 aliphatic heterocycles. The summed E-state index contributed by atoms with van der Waals surface area (Å²) < 4.78 is 5.12. The summed E-state index contributed by atoms with van der Waals surface area (Å²) in [5, 5.41) is 8.90. The lowest BCUT2D eigenvalue weighted by molar-refractivity contribution is -0.139. The highest BCUT2D eigenvalue weighted by molar-refractivity contribution is 5.87. The van der Waals surface area contributed by atoms with E-state index in [1.165, 1.54) is 88.2 Å². The molecule has 0 atom stereocenters. The zero-order chi connectivity index (χ0) is 23.5. The van der Waals surface area contributed by atoms with Crippen molar-refractivity contribution in [2.45, 2.75) is 103 Å². The van der Waals surface area contributed by atoms with Gasteiger partial charge >= 0.3 is 5.97 Å². The van der Waals surface area contributed by atoms with Gasteiger partial charge in [-0.15, -0.1) is 0 Å². The Bertz CT molecular complexity index is 707. The van der Waals surface area contributed by atoms with Crippen LogP contribution >= 0.6 is 0 Å². The molecule has 2 aliphatic carbocycles. The Balaban J connectivity index is 1.34. The Morgan fingerprint density at radius 2 is 1.58 bits per heavy atom. The molecule has 3 heteroatoms. The van der Waals surface area contributed by atoms with E-state index in [9.17, 15) is 4.79 Å². The van der Waals surface area contributed by atoms with Crippen LogP contribution in [0.3, 0.4) is 0 Å². The van der Waals surface area contributed by atoms with Gasteiger partial charge in [-0.25, -0.2) is 4.79 Å². The molecule has 0 heterocycles. The number of ether oxygens (including phenoxy) is 1. The van der Waals surface area contributed by atoms with Crippen molar-refractivity contribution in [1.29, 1.82) is 0 Å². The van der Waals surface area contributed by atoms with Crippen molar-refractivity contribution < 1.29 is 14.6 Å². The lowest BCUT2D eigenvalue weighted by Gasteiger charge is -2.38. The van der Waals surface area contributed by atoms with E-state index < -0.39 is 5.97 Å². The first-order chi connectivity index (χ1) is 16.1. The molecular formula is C30H46O3. The van der Waals surface area contributed by atoms with E-state index in [1.807, 2.05) is 0 Å². The Labute approximate surface area is 202 Å². The summed E-state index contributed by atoms with van der Waals surface area (Å²) in [5.74, 6) is 3.23. The van der Waals surface area contributed by atoms with Crippen molar-refractivity contribution in [3.8, 4) is 0 Å². The molecule has 0 unspecified atom stereocenters. The van der Waals surface area contributed by atoms with E-state index in [2.05, 4.69) is 37.8 Å². The van der Waals surface area contributed by atoms with Crippen LogP contribution in [0.2, 0.25) is 0 Å². The second kappa shape index (κ2) is 13.9. The summed E-state index contributed by atoms with van der Waals surface area (Å²) in [4.78, 5) is 11.5. The highest BCUT2D eigenvalue weighted by Gasteiger charge is 2.31. The Hall–Kier alpha value is -1.61. The number of carbonyl (C=O) groups is 1. The number of aryl methyl sites for hydroxylation is 1. The lowest BCUT2D eigenvalue weighted by atomic mass is 9.68. The van der Waals surface area contributed by atoms with Crippen LogP contribution in [0, 0.1) is 17.8 Å². The summed E-state index contributed by atoms with van der Waals surface area (Å²) in [5.41, 5.74) is 2.91. The van der Waals surface area contributed by atoms with Crippen LogP contribution < -0.4 is 0 Å². The Kier molecular flexibility index (Phi) is 11.0. The van der Waals surface area contributed by atoms with Crippen LogP contribution in [0.15, 0.2) is 36.4 Å². The molecule has 2 aliphatic rings. The third kappa shape index (κ3) is 8.28. The van der Waals surface area contributed by atoms with Crippen LogP contribution in [0.1, 0.15) is 107 Å². The number of aliphatic hydroxyl groups excluding tert-OH is 1. The highest BCUT2D eigenvalue weighted by atomic mass is 16.5. The van der Waals surface area contributed by atoms with Gasteiger partial charge in [-0.1, -0.05) is 76.3 Å². The summed E-state index contributed by atoms with van der Waals surface area (Å²) in [7, 11) is 0. The zero-order valence-corrected chi connectivity index (χ0v) is 20.9. The Morgan fingerprint density at radius 3 is 2.18 bits per heavy atom. The monoisotopic (exact) mass is 454 g/mol. The average Bonchev–Trinajstić information content (AvgIpc) is 2.87. The van der Waals surface area contributed by atoms with Crippen molar-refractivity contribution in [1.82, 2.24) is 0 Å². The zero-order valence-electron chi connectivity index (χ0n) is 20.9. The van der Waals surface area contributed by atoms with E-state index in [0.29, 0.717) is 6.61 Å². The van der Waals surface area contributed by atoms with Gasteiger partial charge in [-0.05, 0) is 86.2 Å². The minimum atomic E-state index is -0.497. The van der Waals surface area contributed by atoms with Gasteiger partial charge in [0.25, 0.3) is 0 Å². The van der Waals surface area contributed by atoms with Crippen molar-refractivity contribution in [2.75, 3.05) is 13.2 Å². The number of hydrogen-bond acceptors (Lipinski definition) is 3. The minimum Gasteiger partial charge on any atom is -0.462 e. The minimum absolute atomic E-state index is 0.115.